The maximum absolute atomic E-state index is 11.6. The van der Waals surface area contributed by atoms with Crippen molar-refractivity contribution >= 4 is 33.1 Å². The molecule has 2 heterocycles. The highest BCUT2D eigenvalue weighted by atomic mass is 35.5. The summed E-state index contributed by atoms with van der Waals surface area (Å²) in [5, 5.41) is 9.15. The average molecular weight is 433 g/mol. The smallest absolute Gasteiger partial charge is 0.264 e. The zero-order valence-corrected chi connectivity index (χ0v) is 17.9. The SMILES string of the molecule is Cc1nnc2n1C1=CC(C)CC=C1C(c1ccc(Cl)cc1)=N[C@H]2COS(C)(=O)=O. The predicted octanol–water partition coefficient (Wildman–Crippen LogP) is 3.57. The first-order valence-electron chi connectivity index (χ1n) is 9.26. The lowest BCUT2D eigenvalue weighted by Gasteiger charge is -2.21. The second-order valence-electron chi connectivity index (χ2n) is 7.31. The van der Waals surface area contributed by atoms with Crippen LogP contribution in [0.5, 0.6) is 0 Å². The summed E-state index contributed by atoms with van der Waals surface area (Å²) in [4.78, 5) is 4.89. The number of fused-ring (bicyclic) bond motifs is 3. The molecule has 4 rings (SSSR count). The Hall–Kier alpha value is -2.29. The Labute approximate surface area is 174 Å². The molecule has 0 fully saturated rings. The first-order chi connectivity index (χ1) is 13.7. The van der Waals surface area contributed by atoms with E-state index in [1.54, 1.807) is 0 Å². The number of hydrogen-bond acceptors (Lipinski definition) is 6. The van der Waals surface area contributed by atoms with Crippen molar-refractivity contribution in [3.05, 3.63) is 64.2 Å². The van der Waals surface area contributed by atoms with Crippen molar-refractivity contribution in [2.45, 2.75) is 26.3 Å². The molecule has 1 unspecified atom stereocenters. The molecule has 0 N–H and O–H groups in total. The molecule has 0 radical (unpaired) electrons. The summed E-state index contributed by atoms with van der Waals surface area (Å²) in [5.74, 6) is 1.61. The normalized spacial score (nSPS) is 21.4. The van der Waals surface area contributed by atoms with Gasteiger partial charge in [-0.25, -0.2) is 0 Å². The van der Waals surface area contributed by atoms with Gasteiger partial charge in [0.25, 0.3) is 10.1 Å². The molecule has 0 saturated carbocycles. The molecule has 2 aromatic rings. The van der Waals surface area contributed by atoms with Gasteiger partial charge in [0.2, 0.25) is 0 Å². The van der Waals surface area contributed by atoms with Gasteiger partial charge in [-0.1, -0.05) is 42.8 Å². The summed E-state index contributed by atoms with van der Waals surface area (Å²) in [7, 11) is -3.63. The van der Waals surface area contributed by atoms with Crippen molar-refractivity contribution in [2.75, 3.05) is 12.9 Å². The molecule has 0 spiro atoms. The van der Waals surface area contributed by atoms with Crippen LogP contribution in [-0.2, 0) is 14.3 Å². The third kappa shape index (κ3) is 4.05. The van der Waals surface area contributed by atoms with E-state index in [0.717, 1.165) is 35.2 Å². The van der Waals surface area contributed by atoms with Gasteiger partial charge in [0.1, 0.15) is 11.9 Å². The van der Waals surface area contributed by atoms with Crippen molar-refractivity contribution < 1.29 is 12.6 Å². The summed E-state index contributed by atoms with van der Waals surface area (Å²) in [6, 6.07) is 6.82. The Morgan fingerprint density at radius 2 is 1.97 bits per heavy atom. The van der Waals surface area contributed by atoms with Gasteiger partial charge in [0, 0.05) is 16.2 Å². The number of hydrogen-bond donors (Lipinski definition) is 0. The topological polar surface area (TPSA) is 86.4 Å². The minimum absolute atomic E-state index is 0.149. The van der Waals surface area contributed by atoms with Crippen LogP contribution in [0.2, 0.25) is 5.02 Å². The van der Waals surface area contributed by atoms with Crippen LogP contribution >= 0.6 is 11.6 Å². The molecule has 1 aliphatic heterocycles. The van der Waals surface area contributed by atoms with Gasteiger partial charge < -0.3 is 0 Å². The van der Waals surface area contributed by atoms with Crippen LogP contribution in [0.25, 0.3) is 5.70 Å². The molecule has 2 aliphatic rings. The Kier molecular flexibility index (Phi) is 5.18. The lowest BCUT2D eigenvalue weighted by atomic mass is 9.90. The molecule has 0 saturated heterocycles. The monoisotopic (exact) mass is 432 g/mol. The van der Waals surface area contributed by atoms with Gasteiger partial charge in [-0.3, -0.25) is 13.7 Å². The number of benzene rings is 1. The molecule has 0 bridgehead atoms. The summed E-state index contributed by atoms with van der Waals surface area (Å²) >= 11 is 6.07. The van der Waals surface area contributed by atoms with Gasteiger partial charge in [0.15, 0.2) is 5.82 Å². The van der Waals surface area contributed by atoms with Crippen molar-refractivity contribution in [1.29, 1.82) is 0 Å². The van der Waals surface area contributed by atoms with Crippen LogP contribution < -0.4 is 0 Å². The van der Waals surface area contributed by atoms with Gasteiger partial charge in [-0.05, 0) is 31.4 Å². The second-order valence-corrected chi connectivity index (χ2v) is 9.39. The highest BCUT2D eigenvalue weighted by Gasteiger charge is 2.32. The van der Waals surface area contributed by atoms with Gasteiger partial charge in [-0.15, -0.1) is 10.2 Å². The van der Waals surface area contributed by atoms with Gasteiger partial charge in [0.05, 0.1) is 24.3 Å². The van der Waals surface area contributed by atoms with Crippen molar-refractivity contribution in [3.63, 3.8) is 0 Å². The largest absolute Gasteiger partial charge is 0.281 e. The van der Waals surface area contributed by atoms with E-state index in [0.29, 0.717) is 22.6 Å². The van der Waals surface area contributed by atoms with Crippen molar-refractivity contribution in [3.8, 4) is 0 Å². The maximum Gasteiger partial charge on any atom is 0.264 e. The number of halogens is 1. The highest BCUT2D eigenvalue weighted by molar-refractivity contribution is 7.85. The van der Waals surface area contributed by atoms with Crippen molar-refractivity contribution in [1.82, 2.24) is 14.8 Å². The molecule has 1 aromatic carbocycles. The fraction of sp³-hybridized carbons (Fsp3) is 0.350. The van der Waals surface area contributed by atoms with Crippen LogP contribution in [0.15, 0.2) is 47.0 Å². The van der Waals surface area contributed by atoms with E-state index in [4.69, 9.17) is 20.8 Å². The minimum atomic E-state index is -3.63. The van der Waals surface area contributed by atoms with Crippen LogP contribution in [0.4, 0.5) is 0 Å². The van der Waals surface area contributed by atoms with E-state index in [1.165, 1.54) is 0 Å². The zero-order chi connectivity index (χ0) is 20.8. The van der Waals surface area contributed by atoms with Crippen LogP contribution in [0.3, 0.4) is 0 Å². The Morgan fingerprint density at radius 1 is 1.24 bits per heavy atom. The molecular weight excluding hydrogens is 412 g/mol. The molecule has 1 aliphatic carbocycles. The number of aliphatic imine (C=N–C) groups is 1. The van der Waals surface area contributed by atoms with E-state index >= 15 is 0 Å². The van der Waals surface area contributed by atoms with Crippen LogP contribution in [0, 0.1) is 12.8 Å². The standard InChI is InChI=1S/C20H21ClN4O3S/c1-12-4-9-16-18(10-12)25-13(2)23-24-20(25)17(11-28-29(3,26)27)22-19(16)14-5-7-15(21)8-6-14/h5-10,12,17H,4,11H2,1-3H3/t12?,17-/m0/s1. The Balaban J connectivity index is 1.91. The van der Waals surface area contributed by atoms with E-state index in [2.05, 4.69) is 29.3 Å². The zero-order valence-electron chi connectivity index (χ0n) is 16.3. The number of aromatic nitrogens is 3. The van der Waals surface area contributed by atoms with Gasteiger partial charge in [-0.2, -0.15) is 8.42 Å². The second kappa shape index (κ2) is 7.51. The summed E-state index contributed by atoms with van der Waals surface area (Å²) < 4.78 is 30.3. The third-order valence-corrected chi connectivity index (χ3v) is 5.71. The summed E-state index contributed by atoms with van der Waals surface area (Å²) in [5.41, 5.74) is 3.57. The number of allylic oxidation sites excluding steroid dienone is 4. The number of aryl methyl sites for hydroxylation is 1. The molecule has 152 valence electrons. The lowest BCUT2D eigenvalue weighted by Crippen LogP contribution is -2.15. The quantitative estimate of drug-likeness (QED) is 0.689. The van der Waals surface area contributed by atoms with E-state index in [9.17, 15) is 8.42 Å². The highest BCUT2D eigenvalue weighted by Crippen LogP contribution is 2.36. The van der Waals surface area contributed by atoms with Gasteiger partial charge >= 0.3 is 0 Å². The summed E-state index contributed by atoms with van der Waals surface area (Å²) in [6.07, 6.45) is 6.25. The lowest BCUT2D eigenvalue weighted by molar-refractivity contribution is 0.292. The molecular formula is C20H21ClN4O3S. The predicted molar refractivity (Wildman–Crippen MR) is 112 cm³/mol. The fourth-order valence-corrected chi connectivity index (χ4v) is 4.06. The van der Waals surface area contributed by atoms with Crippen LogP contribution in [0.1, 0.15) is 36.6 Å². The van der Waals surface area contributed by atoms with E-state index in [-0.39, 0.29) is 6.61 Å². The fourth-order valence-electron chi connectivity index (χ4n) is 3.56. The molecule has 7 nitrogen and oxygen atoms in total. The summed E-state index contributed by atoms with van der Waals surface area (Å²) in [6.45, 7) is 3.87. The van der Waals surface area contributed by atoms with Crippen molar-refractivity contribution in [2.24, 2.45) is 10.9 Å². The molecule has 2 atom stereocenters. The molecule has 9 heteroatoms. The van der Waals surface area contributed by atoms with E-state index in [1.807, 2.05) is 35.8 Å². The average Bonchev–Trinajstić information content (AvgIpc) is 2.97. The Morgan fingerprint density at radius 3 is 2.66 bits per heavy atom. The first kappa shape index (κ1) is 20.0. The third-order valence-electron chi connectivity index (χ3n) is 4.90. The molecule has 29 heavy (non-hydrogen) atoms. The maximum atomic E-state index is 11.6. The van der Waals surface area contributed by atoms with E-state index < -0.39 is 16.2 Å². The minimum Gasteiger partial charge on any atom is -0.281 e. The number of rotatable bonds is 4. The Bertz CT molecular complexity index is 1150. The molecule has 1 aromatic heterocycles. The molecule has 0 amide bonds. The van der Waals surface area contributed by atoms with Crippen LogP contribution in [-0.4, -0.2) is 41.8 Å². The first-order valence-corrected chi connectivity index (χ1v) is 11.5. The number of nitrogens with zero attached hydrogens (tertiary/aromatic N) is 4.